The van der Waals surface area contributed by atoms with E-state index in [4.69, 9.17) is 9.57 Å². The summed E-state index contributed by atoms with van der Waals surface area (Å²) in [4.78, 5) is 13.5. The van der Waals surface area contributed by atoms with Gasteiger partial charge in [0, 0.05) is 52.2 Å². The molecule has 0 N–H and O–H groups in total. The fraction of sp³-hybridized carbons (Fsp3) is 0.654. The summed E-state index contributed by atoms with van der Waals surface area (Å²) in [5, 5.41) is 4.58. The Morgan fingerprint density at radius 2 is 1.78 bits per heavy atom. The number of oxime groups is 1. The molecule has 174 valence electrons. The third-order valence-electron chi connectivity index (χ3n) is 6.92. The van der Waals surface area contributed by atoms with Gasteiger partial charge in [-0.05, 0) is 63.7 Å². The highest BCUT2D eigenvalue weighted by Gasteiger charge is 2.33. The number of benzene rings is 1. The number of nitrogens with zero attached hydrogens (tertiary/aromatic N) is 4. The summed E-state index contributed by atoms with van der Waals surface area (Å²) in [6.45, 7) is 11.6. The Morgan fingerprint density at radius 1 is 1.03 bits per heavy atom. The van der Waals surface area contributed by atoms with Crippen molar-refractivity contribution in [3.8, 4) is 5.75 Å². The molecule has 3 aliphatic heterocycles. The number of likely N-dealkylation sites (tertiary alicyclic amines) is 1. The van der Waals surface area contributed by atoms with Gasteiger partial charge in [0.2, 0.25) is 0 Å². The maximum Gasteiger partial charge on any atom is 0.145 e. The molecule has 5 rings (SSSR count). The minimum absolute atomic E-state index is 0.187. The second-order valence-corrected chi connectivity index (χ2v) is 9.89. The van der Waals surface area contributed by atoms with E-state index in [0.29, 0.717) is 0 Å². The van der Waals surface area contributed by atoms with E-state index in [1.165, 1.54) is 62.3 Å². The zero-order valence-electron chi connectivity index (χ0n) is 19.8. The SMILES string of the molecule is CC(C)Oc1ccccc1N1CCN(CC2CC(C(=C3CC3)N3CCCCC3)=NO2)CC1. The minimum Gasteiger partial charge on any atom is -0.489 e. The van der Waals surface area contributed by atoms with Gasteiger partial charge in [0.25, 0.3) is 0 Å². The van der Waals surface area contributed by atoms with Crippen molar-refractivity contribution < 1.29 is 9.57 Å². The highest BCUT2D eigenvalue weighted by Crippen LogP contribution is 2.37. The lowest BCUT2D eigenvalue weighted by molar-refractivity contribution is 0.0510. The van der Waals surface area contributed by atoms with Crippen LogP contribution >= 0.6 is 0 Å². The van der Waals surface area contributed by atoms with Crippen molar-refractivity contribution in [2.24, 2.45) is 5.16 Å². The third-order valence-corrected chi connectivity index (χ3v) is 6.92. The second-order valence-electron chi connectivity index (χ2n) is 9.89. The first-order chi connectivity index (χ1) is 15.7. The molecule has 0 bridgehead atoms. The molecule has 0 spiro atoms. The molecule has 0 amide bonds. The summed E-state index contributed by atoms with van der Waals surface area (Å²) < 4.78 is 6.04. The Labute approximate surface area is 192 Å². The van der Waals surface area contributed by atoms with Gasteiger partial charge >= 0.3 is 0 Å². The zero-order chi connectivity index (χ0) is 21.9. The molecule has 2 saturated heterocycles. The van der Waals surface area contributed by atoms with Gasteiger partial charge in [-0.15, -0.1) is 0 Å². The average molecular weight is 439 g/mol. The van der Waals surface area contributed by atoms with Crippen LogP contribution in [0.3, 0.4) is 0 Å². The predicted octanol–water partition coefficient (Wildman–Crippen LogP) is 4.27. The van der Waals surface area contributed by atoms with E-state index in [1.807, 2.05) is 0 Å². The van der Waals surface area contributed by atoms with Gasteiger partial charge in [-0.25, -0.2) is 0 Å². The van der Waals surface area contributed by atoms with Crippen LogP contribution in [-0.2, 0) is 4.84 Å². The maximum atomic E-state index is 6.04. The number of piperazine rings is 1. The second kappa shape index (κ2) is 9.74. The molecule has 3 fully saturated rings. The number of piperidine rings is 1. The number of para-hydroxylation sites is 2. The van der Waals surface area contributed by atoms with E-state index in [0.717, 1.165) is 44.9 Å². The van der Waals surface area contributed by atoms with Crippen LogP contribution < -0.4 is 9.64 Å². The number of hydrogen-bond acceptors (Lipinski definition) is 6. The molecule has 1 saturated carbocycles. The van der Waals surface area contributed by atoms with E-state index in [-0.39, 0.29) is 12.2 Å². The van der Waals surface area contributed by atoms with Crippen LogP contribution in [0.5, 0.6) is 5.75 Å². The Bertz CT molecular complexity index is 845. The van der Waals surface area contributed by atoms with Crippen molar-refractivity contribution in [1.29, 1.82) is 0 Å². The third kappa shape index (κ3) is 5.06. The predicted molar refractivity (Wildman–Crippen MR) is 129 cm³/mol. The van der Waals surface area contributed by atoms with Crippen molar-refractivity contribution in [3.63, 3.8) is 0 Å². The molecule has 1 atom stereocenters. The highest BCUT2D eigenvalue weighted by atomic mass is 16.6. The number of hydrogen-bond donors (Lipinski definition) is 0. The van der Waals surface area contributed by atoms with Crippen molar-refractivity contribution >= 4 is 11.4 Å². The maximum absolute atomic E-state index is 6.04. The molecule has 6 nitrogen and oxygen atoms in total. The molecule has 1 aliphatic carbocycles. The molecule has 1 aromatic rings. The first kappa shape index (κ1) is 21.6. The van der Waals surface area contributed by atoms with Crippen LogP contribution in [0.25, 0.3) is 0 Å². The van der Waals surface area contributed by atoms with Gasteiger partial charge in [-0.3, -0.25) is 4.90 Å². The lowest BCUT2D eigenvalue weighted by Gasteiger charge is -2.37. The van der Waals surface area contributed by atoms with Crippen molar-refractivity contribution in [3.05, 3.63) is 35.5 Å². The summed E-state index contributed by atoms with van der Waals surface area (Å²) in [5.41, 5.74) is 5.47. The summed E-state index contributed by atoms with van der Waals surface area (Å²) in [6.07, 6.45) is 7.82. The Morgan fingerprint density at radius 3 is 2.50 bits per heavy atom. The number of ether oxygens (including phenoxy) is 1. The van der Waals surface area contributed by atoms with Gasteiger partial charge in [-0.1, -0.05) is 17.3 Å². The first-order valence-electron chi connectivity index (χ1n) is 12.6. The van der Waals surface area contributed by atoms with Crippen molar-refractivity contribution in [2.75, 3.05) is 50.7 Å². The van der Waals surface area contributed by atoms with Gasteiger partial charge in [0.05, 0.1) is 17.5 Å². The molecule has 0 aromatic heterocycles. The van der Waals surface area contributed by atoms with Crippen LogP contribution in [0.15, 0.2) is 40.7 Å². The van der Waals surface area contributed by atoms with E-state index >= 15 is 0 Å². The van der Waals surface area contributed by atoms with Gasteiger partial charge in [0.1, 0.15) is 17.6 Å². The molecule has 1 aromatic carbocycles. The van der Waals surface area contributed by atoms with Crippen LogP contribution in [0.2, 0.25) is 0 Å². The largest absolute Gasteiger partial charge is 0.489 e. The minimum atomic E-state index is 0.187. The highest BCUT2D eigenvalue weighted by molar-refractivity contribution is 6.01. The van der Waals surface area contributed by atoms with Gasteiger partial charge < -0.3 is 19.4 Å². The van der Waals surface area contributed by atoms with Gasteiger partial charge in [-0.2, -0.15) is 0 Å². The Balaban J connectivity index is 1.13. The first-order valence-corrected chi connectivity index (χ1v) is 12.6. The van der Waals surface area contributed by atoms with Crippen LogP contribution in [0.4, 0.5) is 5.69 Å². The molecule has 3 heterocycles. The Hall–Kier alpha value is -2.21. The Kier molecular flexibility index (Phi) is 6.58. The normalized spacial score (nSPS) is 23.9. The number of allylic oxidation sites excluding steroid dienone is 2. The summed E-state index contributed by atoms with van der Waals surface area (Å²) in [6, 6.07) is 8.43. The van der Waals surface area contributed by atoms with Crippen LogP contribution in [0, 0.1) is 0 Å². The standard InChI is InChI=1S/C26H38N4O2/c1-20(2)31-25-9-5-4-8-24(25)29-16-14-28(15-17-29)19-22-18-23(27-32-22)26(21-10-11-21)30-12-6-3-7-13-30/h4-5,8-9,20,22H,3,6-7,10-19H2,1-2H3. The van der Waals surface area contributed by atoms with Gasteiger partial charge in [0.15, 0.2) is 0 Å². The van der Waals surface area contributed by atoms with E-state index < -0.39 is 0 Å². The molecule has 32 heavy (non-hydrogen) atoms. The topological polar surface area (TPSA) is 40.5 Å². The monoisotopic (exact) mass is 438 g/mol. The van der Waals surface area contributed by atoms with Crippen LogP contribution in [0.1, 0.15) is 52.4 Å². The summed E-state index contributed by atoms with van der Waals surface area (Å²) >= 11 is 0. The van der Waals surface area contributed by atoms with Crippen LogP contribution in [-0.4, -0.2) is 73.5 Å². The van der Waals surface area contributed by atoms with Crippen molar-refractivity contribution in [1.82, 2.24) is 9.80 Å². The van der Waals surface area contributed by atoms with E-state index in [2.05, 4.69) is 58.0 Å². The number of rotatable bonds is 7. The number of anilines is 1. The molecular formula is C26H38N4O2. The zero-order valence-corrected chi connectivity index (χ0v) is 19.8. The fourth-order valence-electron chi connectivity index (χ4n) is 5.22. The van der Waals surface area contributed by atoms with E-state index in [9.17, 15) is 0 Å². The van der Waals surface area contributed by atoms with Crippen molar-refractivity contribution in [2.45, 2.75) is 64.6 Å². The fourth-order valence-corrected chi connectivity index (χ4v) is 5.22. The molecule has 1 unspecified atom stereocenters. The summed E-state index contributed by atoms with van der Waals surface area (Å²) in [5.74, 6) is 0.992. The quantitative estimate of drug-likeness (QED) is 0.636. The average Bonchev–Trinajstić information content (AvgIpc) is 3.54. The summed E-state index contributed by atoms with van der Waals surface area (Å²) in [7, 11) is 0. The lowest BCUT2D eigenvalue weighted by Crippen LogP contribution is -2.48. The smallest absolute Gasteiger partial charge is 0.145 e. The molecule has 4 aliphatic rings. The van der Waals surface area contributed by atoms with E-state index in [1.54, 1.807) is 5.57 Å². The molecular weight excluding hydrogens is 400 g/mol. The molecule has 6 heteroatoms. The molecule has 0 radical (unpaired) electrons. The lowest BCUT2D eigenvalue weighted by atomic mass is 10.0.